The van der Waals surface area contributed by atoms with E-state index < -0.39 is 10.0 Å². The van der Waals surface area contributed by atoms with Gasteiger partial charge < -0.3 is 0 Å². The van der Waals surface area contributed by atoms with E-state index in [2.05, 4.69) is 47.8 Å². The second-order valence-electron chi connectivity index (χ2n) is 5.31. The lowest BCUT2D eigenvalue weighted by molar-refractivity contribution is 0.347. The largest absolute Gasteiger partial charge is 0.244 e. The van der Waals surface area contributed by atoms with Gasteiger partial charge in [-0.2, -0.15) is 4.31 Å². The van der Waals surface area contributed by atoms with Gasteiger partial charge in [0.2, 0.25) is 10.0 Å². The van der Waals surface area contributed by atoms with Crippen molar-refractivity contribution in [1.29, 1.82) is 0 Å². The molecule has 3 nitrogen and oxygen atoms in total. The number of hydrogen-bond donors (Lipinski definition) is 0. The van der Waals surface area contributed by atoms with Crippen LogP contribution < -0.4 is 0 Å². The molecule has 0 radical (unpaired) electrons. The first-order valence-corrected chi connectivity index (χ1v) is 11.1. The first-order valence-electron chi connectivity index (χ1n) is 6.91. The van der Waals surface area contributed by atoms with Crippen LogP contribution in [-0.2, 0) is 10.0 Å². The van der Waals surface area contributed by atoms with E-state index in [0.29, 0.717) is 21.2 Å². The Morgan fingerprint density at radius 2 is 1.90 bits per heavy atom. The van der Waals surface area contributed by atoms with Crippen LogP contribution in [0.25, 0.3) is 0 Å². The van der Waals surface area contributed by atoms with E-state index in [-0.39, 0.29) is 6.04 Å². The van der Waals surface area contributed by atoms with Crippen LogP contribution in [0.15, 0.2) is 26.0 Å². The number of aryl methyl sites for hydroxylation is 1. The minimum absolute atomic E-state index is 0.0319. The molecule has 21 heavy (non-hydrogen) atoms. The van der Waals surface area contributed by atoms with Crippen LogP contribution in [0.1, 0.15) is 31.2 Å². The second-order valence-corrected chi connectivity index (χ2v) is 9.52. The van der Waals surface area contributed by atoms with E-state index in [1.165, 1.54) is 0 Å². The molecular weight excluding hydrogens is 486 g/mol. The van der Waals surface area contributed by atoms with Gasteiger partial charge >= 0.3 is 0 Å². The van der Waals surface area contributed by atoms with E-state index >= 15 is 0 Å². The number of nitrogens with zero attached hydrogens (tertiary/aromatic N) is 1. The Hall–Kier alpha value is 0.570. The Bertz CT molecular complexity index is 619. The lowest BCUT2D eigenvalue weighted by atomic mass is 10.1. The number of hydrogen-bond acceptors (Lipinski definition) is 2. The number of alkyl halides is 1. The van der Waals surface area contributed by atoms with Crippen molar-refractivity contribution in [3.8, 4) is 0 Å². The van der Waals surface area contributed by atoms with Crippen molar-refractivity contribution in [2.75, 3.05) is 11.9 Å². The van der Waals surface area contributed by atoms with Gasteiger partial charge in [-0.15, -0.1) is 0 Å². The zero-order valence-electron chi connectivity index (χ0n) is 11.8. The number of benzene rings is 1. The summed E-state index contributed by atoms with van der Waals surface area (Å²) in [5.74, 6) is 0. The quantitative estimate of drug-likeness (QED) is 0.553. The summed E-state index contributed by atoms with van der Waals surface area (Å²) in [6, 6.07) is 3.58. The smallest absolute Gasteiger partial charge is 0.207 e. The maximum absolute atomic E-state index is 13.0. The summed E-state index contributed by atoms with van der Waals surface area (Å²) in [5, 5.41) is 0.677. The van der Waals surface area contributed by atoms with Gasteiger partial charge in [-0.3, -0.25) is 0 Å². The zero-order chi connectivity index (χ0) is 15.6. The standard InChI is InChI=1S/C14H18Br3NO2S/c1-10-7-13(17)14(8-12(10)16)21(19,20)18-6-4-2-3-5-11(18)9-15/h7-8,11H,2-6,9H2,1H3. The van der Waals surface area contributed by atoms with Crippen LogP contribution in [0, 0.1) is 6.92 Å². The van der Waals surface area contributed by atoms with Crippen LogP contribution in [0.3, 0.4) is 0 Å². The maximum Gasteiger partial charge on any atom is 0.244 e. The molecule has 1 unspecified atom stereocenters. The average molecular weight is 504 g/mol. The fourth-order valence-corrected chi connectivity index (χ4v) is 6.77. The van der Waals surface area contributed by atoms with Gasteiger partial charge in [-0.05, 0) is 53.4 Å². The highest BCUT2D eigenvalue weighted by Crippen LogP contribution is 2.33. The predicted molar refractivity (Wildman–Crippen MR) is 96.5 cm³/mol. The first-order chi connectivity index (χ1) is 9.87. The normalized spacial score (nSPS) is 21.2. The Kier molecular flexibility index (Phi) is 6.34. The zero-order valence-corrected chi connectivity index (χ0v) is 17.4. The van der Waals surface area contributed by atoms with Gasteiger partial charge in [0, 0.05) is 26.9 Å². The first kappa shape index (κ1) is 17.9. The molecule has 0 amide bonds. The van der Waals surface area contributed by atoms with Crippen molar-refractivity contribution in [3.05, 3.63) is 26.6 Å². The van der Waals surface area contributed by atoms with E-state index in [1.54, 1.807) is 10.4 Å². The van der Waals surface area contributed by atoms with E-state index in [0.717, 1.165) is 35.7 Å². The lowest BCUT2D eigenvalue weighted by Gasteiger charge is -2.28. The maximum atomic E-state index is 13.0. The van der Waals surface area contributed by atoms with Crippen LogP contribution in [-0.4, -0.2) is 30.6 Å². The minimum atomic E-state index is -3.49. The summed E-state index contributed by atoms with van der Waals surface area (Å²) in [7, 11) is -3.49. The Morgan fingerprint density at radius 3 is 2.57 bits per heavy atom. The molecule has 1 fully saturated rings. The van der Waals surface area contributed by atoms with E-state index in [4.69, 9.17) is 0 Å². The monoisotopic (exact) mass is 501 g/mol. The van der Waals surface area contributed by atoms with Gasteiger partial charge in [-0.1, -0.05) is 44.7 Å². The summed E-state index contributed by atoms with van der Waals surface area (Å²) in [4.78, 5) is 0.341. The van der Waals surface area contributed by atoms with Crippen LogP contribution in [0.4, 0.5) is 0 Å². The molecular formula is C14H18Br3NO2S. The third-order valence-corrected chi connectivity index (χ3v) is 8.31. The van der Waals surface area contributed by atoms with Crippen LogP contribution in [0.2, 0.25) is 0 Å². The number of rotatable bonds is 3. The molecule has 2 rings (SSSR count). The van der Waals surface area contributed by atoms with Crippen molar-refractivity contribution in [2.45, 2.75) is 43.5 Å². The molecule has 1 aromatic rings. The third kappa shape index (κ3) is 3.91. The topological polar surface area (TPSA) is 37.4 Å². The molecule has 0 aliphatic carbocycles. The molecule has 0 aromatic heterocycles. The molecule has 1 atom stereocenters. The third-order valence-electron chi connectivity index (χ3n) is 3.80. The van der Waals surface area contributed by atoms with Crippen LogP contribution >= 0.6 is 47.8 Å². The molecule has 0 spiro atoms. The van der Waals surface area contributed by atoms with Gasteiger partial charge in [0.05, 0.1) is 4.90 Å². The highest BCUT2D eigenvalue weighted by atomic mass is 79.9. The minimum Gasteiger partial charge on any atom is -0.207 e. The van der Waals surface area contributed by atoms with Gasteiger partial charge in [-0.25, -0.2) is 8.42 Å². The van der Waals surface area contributed by atoms with E-state index in [9.17, 15) is 8.42 Å². The fourth-order valence-electron chi connectivity index (χ4n) is 2.57. The van der Waals surface area contributed by atoms with Gasteiger partial charge in [0.1, 0.15) is 0 Å². The van der Waals surface area contributed by atoms with Crippen molar-refractivity contribution in [3.63, 3.8) is 0 Å². The van der Waals surface area contributed by atoms with Crippen molar-refractivity contribution >= 4 is 57.8 Å². The Morgan fingerprint density at radius 1 is 1.19 bits per heavy atom. The summed E-state index contributed by atoms with van der Waals surface area (Å²) >= 11 is 10.3. The highest BCUT2D eigenvalue weighted by molar-refractivity contribution is 9.11. The predicted octanol–water partition coefficient (Wildman–Crippen LogP) is 4.85. The Balaban J connectivity index is 2.47. The molecule has 1 aromatic carbocycles. The molecule has 0 N–H and O–H groups in total. The SMILES string of the molecule is Cc1cc(Br)c(S(=O)(=O)N2CCCCCC2CBr)cc1Br. The molecule has 0 bridgehead atoms. The average Bonchev–Trinajstić information content (AvgIpc) is 2.68. The summed E-state index contributed by atoms with van der Waals surface area (Å²) in [5.41, 5.74) is 1.01. The molecule has 1 aliphatic rings. The molecule has 7 heteroatoms. The summed E-state index contributed by atoms with van der Waals surface area (Å²) in [6.45, 7) is 2.54. The summed E-state index contributed by atoms with van der Waals surface area (Å²) in [6.07, 6.45) is 4.01. The number of halogens is 3. The second kappa shape index (κ2) is 7.43. The van der Waals surface area contributed by atoms with Crippen molar-refractivity contribution < 1.29 is 8.42 Å². The molecule has 1 saturated heterocycles. The summed E-state index contributed by atoms with van der Waals surface area (Å²) < 4.78 is 29.2. The molecule has 118 valence electrons. The van der Waals surface area contributed by atoms with Crippen molar-refractivity contribution in [2.24, 2.45) is 0 Å². The van der Waals surface area contributed by atoms with E-state index in [1.807, 2.05) is 13.0 Å². The van der Waals surface area contributed by atoms with Crippen molar-refractivity contribution in [1.82, 2.24) is 4.31 Å². The highest BCUT2D eigenvalue weighted by Gasteiger charge is 2.33. The lowest BCUT2D eigenvalue weighted by Crippen LogP contribution is -2.41. The van der Waals surface area contributed by atoms with Crippen LogP contribution in [0.5, 0.6) is 0 Å². The Labute approximate surface area is 151 Å². The van der Waals surface area contributed by atoms with Gasteiger partial charge in [0.25, 0.3) is 0 Å². The van der Waals surface area contributed by atoms with Gasteiger partial charge in [0.15, 0.2) is 0 Å². The molecule has 1 aliphatic heterocycles. The molecule has 0 saturated carbocycles. The molecule has 1 heterocycles. The number of sulfonamides is 1. The fraction of sp³-hybridized carbons (Fsp3) is 0.571.